The van der Waals surface area contributed by atoms with Crippen LogP contribution in [-0.4, -0.2) is 59.1 Å². The highest BCUT2D eigenvalue weighted by Gasteiger charge is 2.16. The Morgan fingerprint density at radius 1 is 1.36 bits per heavy atom. The minimum atomic E-state index is 0.0321. The van der Waals surface area contributed by atoms with Crippen molar-refractivity contribution >= 4 is 12.0 Å². The second-order valence-corrected chi connectivity index (χ2v) is 5.25. The van der Waals surface area contributed by atoms with Crippen LogP contribution < -0.4 is 5.48 Å². The van der Waals surface area contributed by atoms with Crippen molar-refractivity contribution in [3.8, 4) is 0 Å². The minimum absolute atomic E-state index is 0.0321. The van der Waals surface area contributed by atoms with E-state index in [9.17, 15) is 4.79 Å². The van der Waals surface area contributed by atoms with Crippen LogP contribution in [0.3, 0.4) is 0 Å². The third-order valence-electron chi connectivity index (χ3n) is 3.56. The predicted octanol–water partition coefficient (Wildman–Crippen LogP) is 0.904. The van der Waals surface area contributed by atoms with E-state index in [2.05, 4.69) is 16.9 Å². The summed E-state index contributed by atoms with van der Waals surface area (Å²) >= 11 is 0. The van der Waals surface area contributed by atoms with Crippen molar-refractivity contribution in [1.82, 2.24) is 20.3 Å². The number of amides is 1. The summed E-state index contributed by atoms with van der Waals surface area (Å²) in [7, 11) is 2.06. The molecular formula is C16H22N4O2. The second-order valence-electron chi connectivity index (χ2n) is 5.25. The van der Waals surface area contributed by atoms with Gasteiger partial charge in [0.15, 0.2) is 0 Å². The van der Waals surface area contributed by atoms with Crippen LogP contribution in [0.1, 0.15) is 11.4 Å². The first-order valence-electron chi connectivity index (χ1n) is 7.35. The van der Waals surface area contributed by atoms with Gasteiger partial charge >= 0.3 is 0 Å². The smallest absolute Gasteiger partial charge is 0.246 e. The molecule has 2 heterocycles. The summed E-state index contributed by atoms with van der Waals surface area (Å²) < 4.78 is 0. The van der Waals surface area contributed by atoms with E-state index in [0.717, 1.165) is 37.6 Å². The number of hydrogen-bond donors (Lipinski definition) is 2. The molecule has 6 nitrogen and oxygen atoms in total. The van der Waals surface area contributed by atoms with Crippen molar-refractivity contribution in [2.75, 3.05) is 33.2 Å². The lowest BCUT2D eigenvalue weighted by atomic mass is 10.2. The quantitative estimate of drug-likeness (QED) is 0.625. The zero-order valence-electron chi connectivity index (χ0n) is 12.8. The lowest BCUT2D eigenvalue weighted by molar-refractivity contribution is -0.127. The Morgan fingerprint density at radius 2 is 2.14 bits per heavy atom. The van der Waals surface area contributed by atoms with Gasteiger partial charge in [-0.2, -0.15) is 0 Å². The number of nitrogens with zero attached hydrogens (tertiary/aromatic N) is 3. The van der Waals surface area contributed by atoms with Gasteiger partial charge in [0.1, 0.15) is 0 Å². The summed E-state index contributed by atoms with van der Waals surface area (Å²) in [6.07, 6.45) is 7.16. The number of aromatic nitrogens is 1. The molecule has 0 saturated carbocycles. The molecule has 1 saturated heterocycles. The van der Waals surface area contributed by atoms with Gasteiger partial charge in [-0.1, -0.05) is 12.1 Å². The van der Waals surface area contributed by atoms with Crippen LogP contribution in [0.25, 0.3) is 6.08 Å². The molecule has 0 aromatic carbocycles. The van der Waals surface area contributed by atoms with E-state index >= 15 is 0 Å². The number of nitrogens with one attached hydrogen (secondary N) is 1. The van der Waals surface area contributed by atoms with E-state index in [1.165, 1.54) is 6.20 Å². The Labute approximate surface area is 130 Å². The predicted molar refractivity (Wildman–Crippen MR) is 85.1 cm³/mol. The number of carbonyl (C=O) groups excluding carboxylic acids is 1. The third-order valence-corrected chi connectivity index (χ3v) is 3.56. The molecule has 1 fully saturated rings. The number of pyridine rings is 1. The van der Waals surface area contributed by atoms with E-state index in [4.69, 9.17) is 5.21 Å². The summed E-state index contributed by atoms with van der Waals surface area (Å²) in [5, 5.41) is 8.47. The number of carbonyl (C=O) groups is 1. The van der Waals surface area contributed by atoms with Crippen LogP contribution in [-0.2, 0) is 11.2 Å². The first-order valence-corrected chi connectivity index (χ1v) is 7.35. The van der Waals surface area contributed by atoms with Crippen LogP contribution in [0.4, 0.5) is 0 Å². The van der Waals surface area contributed by atoms with Gasteiger partial charge in [0.05, 0.1) is 5.69 Å². The van der Waals surface area contributed by atoms with Gasteiger partial charge < -0.3 is 9.80 Å². The van der Waals surface area contributed by atoms with E-state index in [1.807, 2.05) is 28.6 Å². The summed E-state index contributed by atoms with van der Waals surface area (Å²) in [5.74, 6) is 0.0321. The van der Waals surface area contributed by atoms with Crippen molar-refractivity contribution in [2.24, 2.45) is 0 Å². The standard InChI is InChI=1S/C16H22N4O2/c1-19-10-12-20(13-11-19)16(21)8-7-15-5-2-4-14(18-15)6-3-9-17-22/h2-5,7-9,17,22H,6,10-13H2,1H3/b8-7+,9-3+. The van der Waals surface area contributed by atoms with Crippen molar-refractivity contribution in [3.05, 3.63) is 47.9 Å². The number of hydroxylamine groups is 1. The molecule has 0 atom stereocenters. The molecular weight excluding hydrogens is 280 g/mol. The maximum absolute atomic E-state index is 12.1. The maximum Gasteiger partial charge on any atom is 0.246 e. The molecule has 22 heavy (non-hydrogen) atoms. The molecule has 1 aliphatic heterocycles. The molecule has 0 aliphatic carbocycles. The molecule has 2 rings (SSSR count). The first-order chi connectivity index (χ1) is 10.7. The maximum atomic E-state index is 12.1. The van der Waals surface area contributed by atoms with E-state index in [0.29, 0.717) is 6.42 Å². The minimum Gasteiger partial charge on any atom is -0.337 e. The van der Waals surface area contributed by atoms with Crippen molar-refractivity contribution in [1.29, 1.82) is 0 Å². The van der Waals surface area contributed by atoms with E-state index in [1.54, 1.807) is 18.2 Å². The Morgan fingerprint density at radius 3 is 2.86 bits per heavy atom. The fourth-order valence-electron chi connectivity index (χ4n) is 2.23. The van der Waals surface area contributed by atoms with Crippen LogP contribution >= 0.6 is 0 Å². The Bertz CT molecular complexity index is 549. The molecule has 0 bridgehead atoms. The van der Waals surface area contributed by atoms with Crippen LogP contribution in [0.2, 0.25) is 0 Å². The number of rotatable bonds is 5. The van der Waals surface area contributed by atoms with Crippen LogP contribution in [0, 0.1) is 0 Å². The molecule has 1 amide bonds. The average Bonchev–Trinajstić information content (AvgIpc) is 2.54. The highest BCUT2D eigenvalue weighted by atomic mass is 16.5. The summed E-state index contributed by atoms with van der Waals surface area (Å²) in [6, 6.07) is 5.68. The third kappa shape index (κ3) is 4.98. The number of likely N-dealkylation sites (N-methyl/N-ethyl adjacent to an activating group) is 1. The molecule has 1 aliphatic rings. The number of hydrogen-bond acceptors (Lipinski definition) is 5. The normalized spacial score (nSPS) is 16.5. The highest BCUT2D eigenvalue weighted by Crippen LogP contribution is 2.05. The molecule has 118 valence electrons. The summed E-state index contributed by atoms with van der Waals surface area (Å²) in [6.45, 7) is 3.37. The van der Waals surface area contributed by atoms with Crippen molar-refractivity contribution in [2.45, 2.75) is 6.42 Å². The largest absolute Gasteiger partial charge is 0.337 e. The monoisotopic (exact) mass is 302 g/mol. The fourth-order valence-corrected chi connectivity index (χ4v) is 2.23. The zero-order valence-corrected chi connectivity index (χ0v) is 12.8. The van der Waals surface area contributed by atoms with Crippen LogP contribution in [0.5, 0.6) is 0 Å². The first kappa shape index (κ1) is 16.2. The van der Waals surface area contributed by atoms with E-state index < -0.39 is 0 Å². The lowest BCUT2D eigenvalue weighted by Gasteiger charge is -2.31. The van der Waals surface area contributed by atoms with Gasteiger partial charge in [0.2, 0.25) is 5.91 Å². The van der Waals surface area contributed by atoms with E-state index in [-0.39, 0.29) is 5.91 Å². The SMILES string of the molecule is CN1CCN(C(=O)/C=C/c2cccc(C/C=C/NO)n2)CC1. The molecule has 0 spiro atoms. The van der Waals surface area contributed by atoms with Gasteiger partial charge in [-0.05, 0) is 25.3 Å². The van der Waals surface area contributed by atoms with Crippen molar-refractivity contribution in [3.63, 3.8) is 0 Å². The average molecular weight is 302 g/mol. The highest BCUT2D eigenvalue weighted by molar-refractivity contribution is 5.91. The summed E-state index contributed by atoms with van der Waals surface area (Å²) in [5.41, 5.74) is 3.59. The number of piperazine rings is 1. The molecule has 0 unspecified atom stereocenters. The van der Waals surface area contributed by atoms with Gasteiger partial charge in [0.25, 0.3) is 0 Å². The van der Waals surface area contributed by atoms with Gasteiger partial charge in [-0.15, -0.1) is 0 Å². The van der Waals surface area contributed by atoms with Crippen LogP contribution in [0.15, 0.2) is 36.6 Å². The zero-order chi connectivity index (χ0) is 15.8. The Kier molecular flexibility index (Phi) is 6.12. The molecule has 6 heteroatoms. The van der Waals surface area contributed by atoms with Crippen molar-refractivity contribution < 1.29 is 10.0 Å². The lowest BCUT2D eigenvalue weighted by Crippen LogP contribution is -2.46. The Balaban J connectivity index is 1.93. The molecule has 2 N–H and O–H groups in total. The van der Waals surface area contributed by atoms with Gasteiger partial charge in [0, 0.05) is 50.6 Å². The topological polar surface area (TPSA) is 68.7 Å². The number of allylic oxidation sites excluding steroid dienone is 1. The van der Waals surface area contributed by atoms with Gasteiger partial charge in [-0.25, -0.2) is 0 Å². The second kappa shape index (κ2) is 8.31. The summed E-state index contributed by atoms with van der Waals surface area (Å²) in [4.78, 5) is 20.6. The molecule has 1 aromatic heterocycles. The molecule has 0 radical (unpaired) electrons. The van der Waals surface area contributed by atoms with Gasteiger partial charge in [-0.3, -0.25) is 20.5 Å². The Hall–Kier alpha value is -2.18. The fraction of sp³-hybridized carbons (Fsp3) is 0.375. The molecule has 1 aromatic rings.